The van der Waals surface area contributed by atoms with Crippen LogP contribution in [0.25, 0.3) is 55.2 Å². The molecule has 2 aromatic heterocycles. The Morgan fingerprint density at radius 1 is 0.595 bits per heavy atom. The summed E-state index contributed by atoms with van der Waals surface area (Å²) in [5.41, 5.74) is 6.96. The molecule has 0 bridgehead atoms. The molecule has 4 aromatic carbocycles. The Morgan fingerprint density at radius 2 is 1.12 bits per heavy atom. The van der Waals surface area contributed by atoms with Gasteiger partial charge in [-0.1, -0.05) is 55.5 Å². The first-order valence-electron chi connectivity index (χ1n) is 15.3. The fourth-order valence-electron chi connectivity index (χ4n) is 7.16. The molecule has 0 unspecified atom stereocenters. The lowest BCUT2D eigenvalue weighted by molar-refractivity contribution is 0.543. The summed E-state index contributed by atoms with van der Waals surface area (Å²) in [6, 6.07) is 28.3. The van der Waals surface area contributed by atoms with Gasteiger partial charge < -0.3 is 20.6 Å². The fourth-order valence-corrected chi connectivity index (χ4v) is 7.16. The van der Waals surface area contributed by atoms with Crippen LogP contribution in [0.2, 0.25) is 0 Å². The molecule has 1 aliphatic carbocycles. The lowest BCUT2D eigenvalue weighted by Crippen LogP contribution is -2.18. The summed E-state index contributed by atoms with van der Waals surface area (Å²) in [7, 11) is 0. The van der Waals surface area contributed by atoms with Crippen molar-refractivity contribution in [2.24, 2.45) is 11.8 Å². The van der Waals surface area contributed by atoms with Gasteiger partial charge in [0.25, 0.3) is 0 Å². The van der Waals surface area contributed by atoms with Gasteiger partial charge in [0, 0.05) is 17.2 Å². The standard InChI is InChI=1S/C36H34N6/c1-20-10-31(37-17-20)35-38-18-33(41-35)27-8-6-23-11-21(2-4-25(23)13-27)22-3-5-26-14-28(9-7-24(26)12-22)34-19-39-36(42-34)32-16-29-15-30(29)40-32/h2-9,11-14,18-20,29-32,37,40H,10,15-17H2,1H3,(H,38,41)(H,39,42)/t20-,29-,30-,31+,32+/m1/s1. The zero-order valence-electron chi connectivity index (χ0n) is 23.7. The SMILES string of the molecule is C[C@H]1CN[C@H](c2ncc(-c3ccc4cc(-c5ccc6cc(-c7cnc([C@@H]8C[C@H]9C[C@H]9N8)[nH]7)ccc6c5)ccc4c3)[nH]2)C1. The maximum Gasteiger partial charge on any atom is 0.123 e. The number of rotatable bonds is 5. The number of nitrogens with one attached hydrogen (secondary N) is 4. The number of hydrogen-bond acceptors (Lipinski definition) is 4. The minimum atomic E-state index is 0.327. The van der Waals surface area contributed by atoms with Crippen LogP contribution in [0.3, 0.4) is 0 Å². The Balaban J connectivity index is 0.959. The number of nitrogens with zero attached hydrogens (tertiary/aromatic N) is 2. The van der Waals surface area contributed by atoms with Gasteiger partial charge >= 0.3 is 0 Å². The average Bonchev–Trinajstić information content (AvgIpc) is 3.59. The molecule has 0 spiro atoms. The van der Waals surface area contributed by atoms with E-state index < -0.39 is 0 Å². The summed E-state index contributed by atoms with van der Waals surface area (Å²) in [5.74, 6) is 3.66. The molecule has 6 heteroatoms. The zero-order valence-corrected chi connectivity index (χ0v) is 23.7. The van der Waals surface area contributed by atoms with Crippen molar-refractivity contribution < 1.29 is 0 Å². The summed E-state index contributed by atoms with van der Waals surface area (Å²) in [5, 5.41) is 12.2. The maximum absolute atomic E-state index is 4.71. The molecule has 2 aliphatic heterocycles. The largest absolute Gasteiger partial charge is 0.341 e. The van der Waals surface area contributed by atoms with E-state index in [0.29, 0.717) is 18.0 Å². The first-order valence-corrected chi connectivity index (χ1v) is 15.3. The molecule has 3 fully saturated rings. The van der Waals surface area contributed by atoms with E-state index in [-0.39, 0.29) is 0 Å². The van der Waals surface area contributed by atoms with E-state index in [9.17, 15) is 0 Å². The van der Waals surface area contributed by atoms with Crippen molar-refractivity contribution in [1.82, 2.24) is 30.6 Å². The molecule has 1 saturated carbocycles. The van der Waals surface area contributed by atoms with E-state index in [1.807, 2.05) is 12.4 Å². The van der Waals surface area contributed by atoms with Crippen LogP contribution in [0.1, 0.15) is 49.9 Å². The predicted molar refractivity (Wildman–Crippen MR) is 169 cm³/mol. The average molecular weight is 551 g/mol. The molecule has 42 heavy (non-hydrogen) atoms. The van der Waals surface area contributed by atoms with Crippen LogP contribution in [-0.4, -0.2) is 32.5 Å². The van der Waals surface area contributed by atoms with Crippen molar-refractivity contribution in [1.29, 1.82) is 0 Å². The Hall–Kier alpha value is -4.26. The van der Waals surface area contributed by atoms with Crippen molar-refractivity contribution in [3.63, 3.8) is 0 Å². The Morgan fingerprint density at radius 3 is 1.62 bits per heavy atom. The first kappa shape index (κ1) is 24.3. The van der Waals surface area contributed by atoms with E-state index in [1.54, 1.807) is 0 Å². The minimum Gasteiger partial charge on any atom is -0.341 e. The number of aromatic amines is 2. The third-order valence-corrected chi connectivity index (χ3v) is 9.71. The number of H-pyrrole nitrogens is 2. The predicted octanol–water partition coefficient (Wildman–Crippen LogP) is 7.53. The molecular formula is C36H34N6. The van der Waals surface area contributed by atoms with Gasteiger partial charge in [-0.2, -0.15) is 0 Å². The van der Waals surface area contributed by atoms with Crippen molar-refractivity contribution in [3.8, 4) is 33.6 Å². The summed E-state index contributed by atoms with van der Waals surface area (Å²) < 4.78 is 0. The van der Waals surface area contributed by atoms with Crippen LogP contribution in [0.15, 0.2) is 85.2 Å². The highest BCUT2D eigenvalue weighted by atomic mass is 15.1. The molecule has 3 aliphatic rings. The third-order valence-electron chi connectivity index (χ3n) is 9.71. The number of imidazole rings is 2. The van der Waals surface area contributed by atoms with E-state index >= 15 is 0 Å². The summed E-state index contributed by atoms with van der Waals surface area (Å²) in [4.78, 5) is 16.5. The van der Waals surface area contributed by atoms with Gasteiger partial charge in [-0.05, 0) is 94.6 Å². The molecule has 4 heterocycles. The van der Waals surface area contributed by atoms with Gasteiger partial charge in [-0.15, -0.1) is 0 Å². The highest BCUT2D eigenvalue weighted by Crippen LogP contribution is 2.45. The minimum absolute atomic E-state index is 0.327. The summed E-state index contributed by atoms with van der Waals surface area (Å²) in [6.45, 7) is 3.35. The van der Waals surface area contributed by atoms with E-state index in [2.05, 4.69) is 105 Å². The van der Waals surface area contributed by atoms with E-state index in [0.717, 1.165) is 48.0 Å². The molecule has 0 radical (unpaired) electrons. The molecule has 6 aromatic rings. The van der Waals surface area contributed by atoms with Gasteiger partial charge in [0.2, 0.25) is 0 Å². The molecule has 208 valence electrons. The second-order valence-electron chi connectivity index (χ2n) is 12.8. The topological polar surface area (TPSA) is 81.4 Å². The van der Waals surface area contributed by atoms with Crippen LogP contribution in [0.5, 0.6) is 0 Å². The lowest BCUT2D eigenvalue weighted by atomic mass is 9.97. The normalized spacial score (nSPS) is 24.9. The Kier molecular flexibility index (Phi) is 5.44. The Labute approximate surface area is 245 Å². The van der Waals surface area contributed by atoms with Crippen molar-refractivity contribution >= 4 is 21.5 Å². The monoisotopic (exact) mass is 550 g/mol. The van der Waals surface area contributed by atoms with Crippen LogP contribution in [-0.2, 0) is 0 Å². The number of fused-ring (bicyclic) bond motifs is 3. The highest BCUT2D eigenvalue weighted by molar-refractivity contribution is 5.94. The van der Waals surface area contributed by atoms with Gasteiger partial charge in [0.1, 0.15) is 11.6 Å². The second kappa shape index (κ2) is 9.38. The van der Waals surface area contributed by atoms with Gasteiger partial charge in [-0.3, -0.25) is 0 Å². The number of aromatic nitrogens is 4. The highest BCUT2D eigenvalue weighted by Gasteiger charge is 2.46. The molecule has 4 N–H and O–H groups in total. The fraction of sp³-hybridized carbons (Fsp3) is 0.278. The molecule has 0 amide bonds. The summed E-state index contributed by atoms with van der Waals surface area (Å²) in [6.07, 6.45) is 7.62. The second-order valence-corrected chi connectivity index (χ2v) is 12.8. The van der Waals surface area contributed by atoms with Crippen LogP contribution in [0, 0.1) is 11.8 Å². The van der Waals surface area contributed by atoms with Crippen LogP contribution in [0.4, 0.5) is 0 Å². The first-order chi connectivity index (χ1) is 20.6. The van der Waals surface area contributed by atoms with Gasteiger partial charge in [0.05, 0.1) is 35.9 Å². The van der Waals surface area contributed by atoms with Crippen molar-refractivity contribution in [3.05, 3.63) is 96.8 Å². The van der Waals surface area contributed by atoms with Gasteiger partial charge in [-0.25, -0.2) is 9.97 Å². The quantitative estimate of drug-likeness (QED) is 0.179. The smallest absolute Gasteiger partial charge is 0.123 e. The van der Waals surface area contributed by atoms with Crippen molar-refractivity contribution in [2.45, 2.75) is 44.3 Å². The molecule has 9 rings (SSSR count). The lowest BCUT2D eigenvalue weighted by Gasteiger charge is -2.10. The van der Waals surface area contributed by atoms with Gasteiger partial charge in [0.15, 0.2) is 0 Å². The zero-order chi connectivity index (χ0) is 27.8. The molecule has 2 saturated heterocycles. The van der Waals surface area contributed by atoms with Crippen molar-refractivity contribution in [2.75, 3.05) is 6.54 Å². The van der Waals surface area contributed by atoms with Crippen LogP contribution >= 0.6 is 0 Å². The summed E-state index contributed by atoms with van der Waals surface area (Å²) >= 11 is 0. The van der Waals surface area contributed by atoms with E-state index in [1.165, 1.54) is 56.6 Å². The Bertz CT molecular complexity index is 1830. The van der Waals surface area contributed by atoms with Crippen LogP contribution < -0.4 is 10.6 Å². The molecule has 6 nitrogen and oxygen atoms in total. The van der Waals surface area contributed by atoms with E-state index in [4.69, 9.17) is 4.98 Å². The number of piperidine rings is 1. The maximum atomic E-state index is 4.71. The third kappa shape index (κ3) is 4.25. The molecular weight excluding hydrogens is 516 g/mol. The number of hydrogen-bond donors (Lipinski definition) is 4. The number of benzene rings is 4. The molecule has 5 atom stereocenters.